The Morgan fingerprint density at radius 2 is 1.91 bits per heavy atom. The maximum absolute atomic E-state index is 12.9. The van der Waals surface area contributed by atoms with Crippen LogP contribution in [0, 0.1) is 6.92 Å². The van der Waals surface area contributed by atoms with E-state index in [1.807, 2.05) is 30.3 Å². The molecule has 2 aliphatic heterocycles. The summed E-state index contributed by atoms with van der Waals surface area (Å²) in [5.41, 5.74) is 4.41. The zero-order chi connectivity index (χ0) is 23.5. The van der Waals surface area contributed by atoms with Crippen LogP contribution in [0.1, 0.15) is 16.8 Å². The summed E-state index contributed by atoms with van der Waals surface area (Å²) in [4.78, 5) is 15.4. The number of hydrogen-bond donors (Lipinski definition) is 1. The number of fused-ring (bicyclic) bond motifs is 2. The summed E-state index contributed by atoms with van der Waals surface area (Å²) in [6.07, 6.45) is 0.918. The van der Waals surface area contributed by atoms with Gasteiger partial charge in [-0.2, -0.15) is 0 Å². The van der Waals surface area contributed by atoms with E-state index in [9.17, 15) is 4.79 Å². The van der Waals surface area contributed by atoms with Crippen LogP contribution in [0.5, 0.6) is 17.2 Å². The van der Waals surface area contributed by atoms with Crippen molar-refractivity contribution in [3.63, 3.8) is 0 Å². The lowest BCUT2D eigenvalue weighted by atomic mass is 10.1. The number of ether oxygens (including phenoxy) is 4. The normalized spacial score (nSPS) is 15.6. The van der Waals surface area contributed by atoms with Crippen molar-refractivity contribution < 1.29 is 23.7 Å². The summed E-state index contributed by atoms with van der Waals surface area (Å²) in [7, 11) is 1.68. The SMILES string of the molecule is COc1ccc2c(c1)c(CCN1CCOCC1)c(C)n2CC(=O)NCc1ccc2c(c1)OCO2. The zero-order valence-corrected chi connectivity index (χ0v) is 19.8. The number of morpholine rings is 1. The molecule has 0 bridgehead atoms. The standard InChI is InChI=1S/C26H31N3O5/c1-18-21(7-8-28-9-11-32-12-10-28)22-14-20(31-2)4-5-23(22)29(18)16-26(30)27-15-19-3-6-24-25(13-19)34-17-33-24/h3-6,13-14H,7-12,15-17H2,1-2H3,(H,27,30). The van der Waals surface area contributed by atoms with E-state index in [-0.39, 0.29) is 19.2 Å². The van der Waals surface area contributed by atoms with Gasteiger partial charge in [0.2, 0.25) is 12.7 Å². The Hall–Kier alpha value is -3.23. The highest BCUT2D eigenvalue weighted by atomic mass is 16.7. The van der Waals surface area contributed by atoms with E-state index in [2.05, 4.69) is 27.8 Å². The molecule has 5 rings (SSSR count). The van der Waals surface area contributed by atoms with Gasteiger partial charge in [-0.15, -0.1) is 0 Å². The lowest BCUT2D eigenvalue weighted by Crippen LogP contribution is -2.37. The Morgan fingerprint density at radius 3 is 2.74 bits per heavy atom. The molecule has 180 valence electrons. The number of carbonyl (C=O) groups is 1. The van der Waals surface area contributed by atoms with Gasteiger partial charge in [0.05, 0.1) is 20.3 Å². The number of amides is 1. The van der Waals surface area contributed by atoms with Crippen molar-refractivity contribution >= 4 is 16.8 Å². The van der Waals surface area contributed by atoms with E-state index in [1.54, 1.807) is 7.11 Å². The molecule has 2 aromatic carbocycles. The Bertz CT molecular complexity index is 1180. The summed E-state index contributed by atoms with van der Waals surface area (Å²) in [6.45, 7) is 7.51. The van der Waals surface area contributed by atoms with Crippen molar-refractivity contribution in [1.82, 2.24) is 14.8 Å². The first kappa shape index (κ1) is 22.6. The molecule has 1 fully saturated rings. The first-order chi connectivity index (χ1) is 16.6. The average Bonchev–Trinajstić information content (AvgIpc) is 3.44. The molecule has 0 atom stereocenters. The first-order valence-electron chi connectivity index (χ1n) is 11.7. The van der Waals surface area contributed by atoms with Crippen LogP contribution in [0.3, 0.4) is 0 Å². The van der Waals surface area contributed by atoms with E-state index in [0.29, 0.717) is 6.54 Å². The second-order valence-electron chi connectivity index (χ2n) is 8.70. The number of carbonyl (C=O) groups excluding carboxylic acids is 1. The third kappa shape index (κ3) is 4.69. The molecule has 0 unspecified atom stereocenters. The van der Waals surface area contributed by atoms with Gasteiger partial charge in [-0.25, -0.2) is 0 Å². The minimum Gasteiger partial charge on any atom is -0.497 e. The van der Waals surface area contributed by atoms with E-state index >= 15 is 0 Å². The summed E-state index contributed by atoms with van der Waals surface area (Å²) >= 11 is 0. The summed E-state index contributed by atoms with van der Waals surface area (Å²) in [5.74, 6) is 2.25. The maximum Gasteiger partial charge on any atom is 0.240 e. The largest absolute Gasteiger partial charge is 0.497 e. The predicted octanol–water partition coefficient (Wildman–Crippen LogP) is 2.88. The average molecular weight is 466 g/mol. The molecule has 34 heavy (non-hydrogen) atoms. The lowest BCUT2D eigenvalue weighted by molar-refractivity contribution is -0.121. The topological polar surface area (TPSA) is 74.2 Å². The molecular weight excluding hydrogens is 434 g/mol. The Kier molecular flexibility index (Phi) is 6.60. The van der Waals surface area contributed by atoms with Crippen molar-refractivity contribution in [2.45, 2.75) is 26.4 Å². The first-order valence-corrected chi connectivity index (χ1v) is 11.7. The summed E-state index contributed by atoms with van der Waals surface area (Å²) < 4.78 is 23.9. The molecule has 1 N–H and O–H groups in total. The Balaban J connectivity index is 1.32. The van der Waals surface area contributed by atoms with E-state index in [0.717, 1.165) is 78.7 Å². The minimum atomic E-state index is -0.0341. The summed E-state index contributed by atoms with van der Waals surface area (Å²) in [5, 5.41) is 4.19. The lowest BCUT2D eigenvalue weighted by Gasteiger charge is -2.26. The molecule has 1 amide bonds. The van der Waals surface area contributed by atoms with Crippen LogP contribution in [0.15, 0.2) is 36.4 Å². The smallest absolute Gasteiger partial charge is 0.240 e. The number of hydrogen-bond acceptors (Lipinski definition) is 6. The van der Waals surface area contributed by atoms with Crippen LogP contribution < -0.4 is 19.5 Å². The van der Waals surface area contributed by atoms with Crippen LogP contribution in [0.25, 0.3) is 10.9 Å². The molecule has 0 spiro atoms. The van der Waals surface area contributed by atoms with E-state index in [4.69, 9.17) is 18.9 Å². The highest BCUT2D eigenvalue weighted by Gasteiger charge is 2.19. The molecular formula is C26H31N3O5. The van der Waals surface area contributed by atoms with Crippen LogP contribution >= 0.6 is 0 Å². The van der Waals surface area contributed by atoms with E-state index in [1.165, 1.54) is 5.56 Å². The van der Waals surface area contributed by atoms with Crippen LogP contribution in [-0.2, 0) is 29.0 Å². The molecule has 0 aliphatic carbocycles. The van der Waals surface area contributed by atoms with E-state index < -0.39 is 0 Å². The molecule has 1 saturated heterocycles. The highest BCUT2D eigenvalue weighted by Crippen LogP contribution is 2.33. The number of nitrogens with zero attached hydrogens (tertiary/aromatic N) is 2. The number of benzene rings is 2. The van der Waals surface area contributed by atoms with Gasteiger partial charge in [-0.3, -0.25) is 9.69 Å². The second-order valence-corrected chi connectivity index (χ2v) is 8.70. The Labute approximate surface area is 199 Å². The van der Waals surface area contributed by atoms with Crippen molar-refractivity contribution in [1.29, 1.82) is 0 Å². The van der Waals surface area contributed by atoms with Crippen LogP contribution in [-0.4, -0.2) is 62.1 Å². The third-order valence-electron chi connectivity index (χ3n) is 6.67. The van der Waals surface area contributed by atoms with Crippen LogP contribution in [0.4, 0.5) is 0 Å². The fourth-order valence-corrected chi connectivity index (χ4v) is 4.72. The molecule has 0 radical (unpaired) electrons. The number of methoxy groups -OCH3 is 1. The second kappa shape index (κ2) is 9.95. The van der Waals surface area contributed by atoms with Gasteiger partial charge in [-0.05, 0) is 54.8 Å². The highest BCUT2D eigenvalue weighted by molar-refractivity contribution is 5.88. The molecule has 3 aromatic rings. The molecule has 8 heteroatoms. The van der Waals surface area contributed by atoms with Crippen LogP contribution in [0.2, 0.25) is 0 Å². The van der Waals surface area contributed by atoms with Crippen molar-refractivity contribution in [3.8, 4) is 17.2 Å². The number of aromatic nitrogens is 1. The van der Waals surface area contributed by atoms with Gasteiger partial charge in [0.25, 0.3) is 0 Å². The molecule has 1 aromatic heterocycles. The van der Waals surface area contributed by atoms with Gasteiger partial charge in [0, 0.05) is 42.8 Å². The van der Waals surface area contributed by atoms with Crippen molar-refractivity contribution in [2.75, 3.05) is 46.8 Å². The van der Waals surface area contributed by atoms with Gasteiger partial charge in [-0.1, -0.05) is 6.07 Å². The van der Waals surface area contributed by atoms with Gasteiger partial charge >= 0.3 is 0 Å². The maximum atomic E-state index is 12.9. The Morgan fingerprint density at radius 1 is 1.09 bits per heavy atom. The summed E-state index contributed by atoms with van der Waals surface area (Å²) in [6, 6.07) is 11.8. The number of nitrogens with one attached hydrogen (secondary N) is 1. The van der Waals surface area contributed by atoms with Gasteiger partial charge < -0.3 is 28.8 Å². The fourth-order valence-electron chi connectivity index (χ4n) is 4.72. The monoisotopic (exact) mass is 465 g/mol. The quantitative estimate of drug-likeness (QED) is 0.552. The molecule has 3 heterocycles. The minimum absolute atomic E-state index is 0.0341. The number of rotatable bonds is 8. The molecule has 8 nitrogen and oxygen atoms in total. The van der Waals surface area contributed by atoms with Crippen molar-refractivity contribution in [3.05, 3.63) is 53.2 Å². The van der Waals surface area contributed by atoms with Gasteiger partial charge in [0.1, 0.15) is 12.3 Å². The predicted molar refractivity (Wildman–Crippen MR) is 129 cm³/mol. The molecule has 2 aliphatic rings. The third-order valence-corrected chi connectivity index (χ3v) is 6.67. The fraction of sp³-hybridized carbons (Fsp3) is 0.423. The zero-order valence-electron chi connectivity index (χ0n) is 19.8. The van der Waals surface area contributed by atoms with Crippen molar-refractivity contribution in [2.24, 2.45) is 0 Å². The van der Waals surface area contributed by atoms with Gasteiger partial charge in [0.15, 0.2) is 11.5 Å². The molecule has 0 saturated carbocycles.